The summed E-state index contributed by atoms with van der Waals surface area (Å²) < 4.78 is 1.17. The van der Waals surface area contributed by atoms with Gasteiger partial charge in [-0.1, -0.05) is 22.0 Å². The fourth-order valence-corrected chi connectivity index (χ4v) is 2.99. The molecular formula is C14H17BrN2S. The van der Waals surface area contributed by atoms with Gasteiger partial charge in [-0.25, -0.2) is 0 Å². The fourth-order valence-electron chi connectivity index (χ4n) is 1.97. The molecule has 0 bridgehead atoms. The highest BCUT2D eigenvalue weighted by Crippen LogP contribution is 2.28. The van der Waals surface area contributed by atoms with Gasteiger partial charge in [0.15, 0.2) is 0 Å². The highest BCUT2D eigenvalue weighted by Gasteiger charge is 2.11. The molecule has 1 unspecified atom stereocenters. The highest BCUT2D eigenvalue weighted by molar-refractivity contribution is 9.10. The first-order valence-corrected chi connectivity index (χ1v) is 7.56. The molecule has 2 aromatic rings. The Kier molecular flexibility index (Phi) is 4.43. The third-order valence-corrected chi connectivity index (χ3v) is 5.14. The summed E-state index contributed by atoms with van der Waals surface area (Å²) in [5, 5.41) is 5.59. The molecule has 0 saturated heterocycles. The van der Waals surface area contributed by atoms with Gasteiger partial charge >= 0.3 is 0 Å². The van der Waals surface area contributed by atoms with E-state index in [1.165, 1.54) is 20.5 Å². The van der Waals surface area contributed by atoms with E-state index in [9.17, 15) is 0 Å². The van der Waals surface area contributed by atoms with Crippen LogP contribution in [0.2, 0.25) is 0 Å². The van der Waals surface area contributed by atoms with Gasteiger partial charge < -0.3 is 11.1 Å². The highest BCUT2D eigenvalue weighted by atomic mass is 79.9. The van der Waals surface area contributed by atoms with Crippen LogP contribution in [0, 0.1) is 13.8 Å². The summed E-state index contributed by atoms with van der Waals surface area (Å²) in [7, 11) is 0. The Labute approximate surface area is 120 Å². The summed E-state index contributed by atoms with van der Waals surface area (Å²) in [5.41, 5.74) is 9.45. The molecule has 0 fully saturated rings. The minimum atomic E-state index is 0.185. The van der Waals surface area contributed by atoms with Gasteiger partial charge in [-0.05, 0) is 48.6 Å². The molecule has 1 heterocycles. The SMILES string of the molecule is Cc1cc(NC(CN)c2cccs2)cc(C)c1Br. The minimum Gasteiger partial charge on any atom is -0.376 e. The van der Waals surface area contributed by atoms with Crippen molar-refractivity contribution in [3.05, 3.63) is 50.1 Å². The van der Waals surface area contributed by atoms with Crippen molar-refractivity contribution in [3.8, 4) is 0 Å². The van der Waals surface area contributed by atoms with Crippen LogP contribution in [0.25, 0.3) is 0 Å². The molecule has 1 atom stereocenters. The fraction of sp³-hybridized carbons (Fsp3) is 0.286. The molecule has 3 N–H and O–H groups in total. The largest absolute Gasteiger partial charge is 0.376 e. The molecule has 4 heteroatoms. The molecule has 2 rings (SSSR count). The van der Waals surface area contributed by atoms with Crippen molar-refractivity contribution in [1.82, 2.24) is 0 Å². The van der Waals surface area contributed by atoms with Crippen LogP contribution in [-0.2, 0) is 0 Å². The molecule has 0 aliphatic heterocycles. The maximum Gasteiger partial charge on any atom is 0.0728 e. The Morgan fingerprint density at radius 2 is 2.00 bits per heavy atom. The number of aryl methyl sites for hydroxylation is 2. The van der Waals surface area contributed by atoms with E-state index in [2.05, 4.69) is 64.7 Å². The zero-order valence-corrected chi connectivity index (χ0v) is 12.9. The van der Waals surface area contributed by atoms with Gasteiger partial charge in [0.1, 0.15) is 0 Å². The van der Waals surface area contributed by atoms with E-state index in [1.54, 1.807) is 11.3 Å². The molecular weight excluding hydrogens is 308 g/mol. The van der Waals surface area contributed by atoms with Gasteiger partial charge in [-0.15, -0.1) is 11.3 Å². The Morgan fingerprint density at radius 1 is 1.33 bits per heavy atom. The number of thiophene rings is 1. The molecule has 1 aromatic heterocycles. The third-order valence-electron chi connectivity index (χ3n) is 2.90. The normalized spacial score (nSPS) is 12.4. The van der Waals surface area contributed by atoms with Gasteiger partial charge in [0.2, 0.25) is 0 Å². The van der Waals surface area contributed by atoms with Crippen LogP contribution >= 0.6 is 27.3 Å². The molecule has 0 aliphatic rings. The Bertz CT molecular complexity index is 500. The lowest BCUT2D eigenvalue weighted by molar-refractivity contribution is 0.805. The van der Waals surface area contributed by atoms with Crippen molar-refractivity contribution in [2.75, 3.05) is 11.9 Å². The summed E-state index contributed by atoms with van der Waals surface area (Å²) >= 11 is 5.32. The zero-order valence-electron chi connectivity index (χ0n) is 10.5. The van der Waals surface area contributed by atoms with Crippen molar-refractivity contribution < 1.29 is 0 Å². The number of nitrogens with one attached hydrogen (secondary N) is 1. The number of anilines is 1. The van der Waals surface area contributed by atoms with Crippen LogP contribution in [0.5, 0.6) is 0 Å². The minimum absolute atomic E-state index is 0.185. The van der Waals surface area contributed by atoms with Crippen molar-refractivity contribution in [3.63, 3.8) is 0 Å². The third kappa shape index (κ3) is 2.94. The lowest BCUT2D eigenvalue weighted by Gasteiger charge is -2.18. The van der Waals surface area contributed by atoms with Gasteiger partial charge in [0.25, 0.3) is 0 Å². The van der Waals surface area contributed by atoms with Gasteiger partial charge in [0, 0.05) is 21.6 Å². The standard InChI is InChI=1S/C14H17BrN2S/c1-9-6-11(7-10(2)14(9)15)17-12(8-16)13-4-3-5-18-13/h3-7,12,17H,8,16H2,1-2H3. The predicted octanol–water partition coefficient (Wildman–Crippen LogP) is 4.24. The van der Waals surface area contributed by atoms with Crippen LogP contribution in [0.4, 0.5) is 5.69 Å². The maximum absolute atomic E-state index is 5.85. The molecule has 0 amide bonds. The molecule has 2 nitrogen and oxygen atoms in total. The molecule has 0 aliphatic carbocycles. The van der Waals surface area contributed by atoms with E-state index >= 15 is 0 Å². The number of halogens is 1. The van der Waals surface area contributed by atoms with Crippen molar-refractivity contribution in [2.24, 2.45) is 5.73 Å². The van der Waals surface area contributed by atoms with Crippen LogP contribution in [0.15, 0.2) is 34.1 Å². The van der Waals surface area contributed by atoms with Crippen molar-refractivity contribution in [1.29, 1.82) is 0 Å². The second-order valence-corrected chi connectivity index (χ2v) is 6.14. The van der Waals surface area contributed by atoms with Crippen LogP contribution in [-0.4, -0.2) is 6.54 Å². The lowest BCUT2D eigenvalue weighted by Crippen LogP contribution is -2.19. The summed E-state index contributed by atoms with van der Waals surface area (Å²) in [5.74, 6) is 0. The molecule has 0 radical (unpaired) electrons. The molecule has 18 heavy (non-hydrogen) atoms. The van der Waals surface area contributed by atoms with E-state index in [0.717, 1.165) is 5.69 Å². The molecule has 1 aromatic carbocycles. The van der Waals surface area contributed by atoms with E-state index in [-0.39, 0.29) is 6.04 Å². The lowest BCUT2D eigenvalue weighted by atomic mass is 10.1. The Morgan fingerprint density at radius 3 is 2.50 bits per heavy atom. The quantitative estimate of drug-likeness (QED) is 0.882. The molecule has 0 spiro atoms. The van der Waals surface area contributed by atoms with Crippen molar-refractivity contribution >= 4 is 33.0 Å². The number of rotatable bonds is 4. The van der Waals surface area contributed by atoms with Crippen LogP contribution in [0.3, 0.4) is 0 Å². The smallest absolute Gasteiger partial charge is 0.0728 e. The number of benzene rings is 1. The van der Waals surface area contributed by atoms with E-state index in [0.29, 0.717) is 6.54 Å². The summed E-state index contributed by atoms with van der Waals surface area (Å²) in [6, 6.07) is 8.65. The first-order valence-electron chi connectivity index (χ1n) is 5.88. The average Bonchev–Trinajstić information content (AvgIpc) is 2.86. The summed E-state index contributed by atoms with van der Waals surface area (Å²) in [6.07, 6.45) is 0. The van der Waals surface area contributed by atoms with Gasteiger partial charge in [-0.3, -0.25) is 0 Å². The van der Waals surface area contributed by atoms with Crippen LogP contribution < -0.4 is 11.1 Å². The Hall–Kier alpha value is -0.840. The van der Waals surface area contributed by atoms with E-state index in [4.69, 9.17) is 5.73 Å². The zero-order chi connectivity index (χ0) is 13.1. The van der Waals surface area contributed by atoms with Crippen molar-refractivity contribution in [2.45, 2.75) is 19.9 Å². The predicted molar refractivity (Wildman–Crippen MR) is 83.4 cm³/mol. The van der Waals surface area contributed by atoms with Gasteiger partial charge in [-0.2, -0.15) is 0 Å². The summed E-state index contributed by atoms with van der Waals surface area (Å²) in [4.78, 5) is 1.27. The number of hydrogen-bond acceptors (Lipinski definition) is 3. The monoisotopic (exact) mass is 324 g/mol. The molecule has 0 saturated carbocycles. The number of hydrogen-bond donors (Lipinski definition) is 2. The first-order chi connectivity index (χ1) is 8.61. The summed E-state index contributed by atoms with van der Waals surface area (Å²) in [6.45, 7) is 4.80. The molecule has 96 valence electrons. The maximum atomic E-state index is 5.85. The van der Waals surface area contributed by atoms with E-state index < -0.39 is 0 Å². The average molecular weight is 325 g/mol. The second kappa shape index (κ2) is 5.87. The first kappa shape index (κ1) is 13.6. The van der Waals surface area contributed by atoms with Gasteiger partial charge in [0.05, 0.1) is 6.04 Å². The topological polar surface area (TPSA) is 38.0 Å². The number of nitrogens with two attached hydrogens (primary N) is 1. The van der Waals surface area contributed by atoms with E-state index in [1.807, 2.05) is 0 Å². The second-order valence-electron chi connectivity index (χ2n) is 4.37. The van der Waals surface area contributed by atoms with Crippen LogP contribution in [0.1, 0.15) is 22.0 Å². The Balaban J connectivity index is 2.23.